The van der Waals surface area contributed by atoms with Gasteiger partial charge in [-0.15, -0.1) is 11.8 Å². The van der Waals surface area contributed by atoms with E-state index in [-0.39, 0.29) is 35.3 Å². The highest BCUT2D eigenvalue weighted by atomic mass is 32.2. The van der Waals surface area contributed by atoms with Crippen molar-refractivity contribution in [2.24, 2.45) is 5.92 Å². The molecule has 132 valence electrons. The number of hydrogen-bond acceptors (Lipinski definition) is 6. The standard InChI is InChI=1S/C15H21N3O5S/c1-9-6-12(18-23-9)17-14(20)8-24-7-13(19)16-11-4-2-10(3-5-11)15(21)22/h6,10-11H,2-5,7-8H2,1H3,(H,16,19)(H,21,22)(H,17,18,20). The highest BCUT2D eigenvalue weighted by Crippen LogP contribution is 2.24. The number of carboxylic acid groups (broad SMARTS) is 1. The molecular weight excluding hydrogens is 334 g/mol. The minimum Gasteiger partial charge on any atom is -0.481 e. The van der Waals surface area contributed by atoms with Gasteiger partial charge in [0.2, 0.25) is 11.8 Å². The summed E-state index contributed by atoms with van der Waals surface area (Å²) >= 11 is 1.21. The van der Waals surface area contributed by atoms with Crippen LogP contribution in [0.1, 0.15) is 31.4 Å². The molecule has 1 aliphatic carbocycles. The Hall–Kier alpha value is -2.03. The van der Waals surface area contributed by atoms with Crippen molar-refractivity contribution in [1.29, 1.82) is 0 Å². The lowest BCUT2D eigenvalue weighted by Crippen LogP contribution is -2.39. The van der Waals surface area contributed by atoms with E-state index in [1.54, 1.807) is 13.0 Å². The van der Waals surface area contributed by atoms with E-state index < -0.39 is 5.97 Å². The second kappa shape index (κ2) is 8.72. The molecule has 1 fully saturated rings. The molecule has 1 saturated carbocycles. The van der Waals surface area contributed by atoms with Crippen molar-refractivity contribution in [3.63, 3.8) is 0 Å². The third-order valence-corrected chi connectivity index (χ3v) is 4.74. The Kier molecular flexibility index (Phi) is 6.65. The summed E-state index contributed by atoms with van der Waals surface area (Å²) in [4.78, 5) is 34.4. The second-order valence-electron chi connectivity index (χ2n) is 5.82. The van der Waals surface area contributed by atoms with Gasteiger partial charge in [-0.25, -0.2) is 0 Å². The fourth-order valence-corrected chi connectivity index (χ4v) is 3.22. The first-order chi connectivity index (χ1) is 11.4. The molecule has 0 aromatic carbocycles. The van der Waals surface area contributed by atoms with Crippen molar-refractivity contribution < 1.29 is 24.0 Å². The number of aliphatic carboxylic acids is 1. The number of carboxylic acids is 1. The number of aromatic nitrogens is 1. The van der Waals surface area contributed by atoms with E-state index in [4.69, 9.17) is 9.63 Å². The minimum atomic E-state index is -0.761. The number of aryl methyl sites for hydroxylation is 1. The van der Waals surface area contributed by atoms with Crippen molar-refractivity contribution in [3.8, 4) is 0 Å². The number of nitrogens with one attached hydrogen (secondary N) is 2. The number of carbonyl (C=O) groups excluding carboxylic acids is 2. The highest BCUT2D eigenvalue weighted by Gasteiger charge is 2.26. The molecule has 0 radical (unpaired) electrons. The van der Waals surface area contributed by atoms with Crippen molar-refractivity contribution >= 4 is 35.4 Å². The fourth-order valence-electron chi connectivity index (χ4n) is 2.59. The summed E-state index contributed by atoms with van der Waals surface area (Å²) in [6.45, 7) is 1.73. The maximum absolute atomic E-state index is 11.9. The smallest absolute Gasteiger partial charge is 0.306 e. The molecule has 9 heteroatoms. The van der Waals surface area contributed by atoms with Gasteiger partial charge in [-0.05, 0) is 32.6 Å². The van der Waals surface area contributed by atoms with E-state index in [1.807, 2.05) is 0 Å². The average Bonchev–Trinajstić information content (AvgIpc) is 2.92. The van der Waals surface area contributed by atoms with E-state index in [9.17, 15) is 14.4 Å². The molecule has 0 aliphatic heterocycles. The number of nitrogens with zero attached hydrogens (tertiary/aromatic N) is 1. The lowest BCUT2D eigenvalue weighted by molar-refractivity contribution is -0.142. The molecule has 1 aromatic rings. The Morgan fingerprint density at radius 2 is 1.92 bits per heavy atom. The van der Waals surface area contributed by atoms with E-state index >= 15 is 0 Å². The van der Waals surface area contributed by atoms with Crippen LogP contribution in [0.25, 0.3) is 0 Å². The first-order valence-electron chi connectivity index (χ1n) is 7.77. The quantitative estimate of drug-likeness (QED) is 0.676. The van der Waals surface area contributed by atoms with Crippen molar-refractivity contribution in [1.82, 2.24) is 10.5 Å². The normalized spacial score (nSPS) is 20.4. The molecule has 0 atom stereocenters. The topological polar surface area (TPSA) is 122 Å². The van der Waals surface area contributed by atoms with Gasteiger partial charge in [-0.1, -0.05) is 5.16 Å². The van der Waals surface area contributed by atoms with Crippen LogP contribution in [-0.4, -0.2) is 45.6 Å². The van der Waals surface area contributed by atoms with Crippen LogP contribution >= 0.6 is 11.8 Å². The van der Waals surface area contributed by atoms with Crippen LogP contribution in [0, 0.1) is 12.8 Å². The first-order valence-corrected chi connectivity index (χ1v) is 8.92. The van der Waals surface area contributed by atoms with Crippen molar-refractivity contribution in [2.75, 3.05) is 16.8 Å². The predicted molar refractivity (Wildman–Crippen MR) is 88.7 cm³/mol. The Morgan fingerprint density at radius 3 is 2.50 bits per heavy atom. The molecule has 8 nitrogen and oxygen atoms in total. The maximum atomic E-state index is 11.9. The summed E-state index contributed by atoms with van der Waals surface area (Å²) < 4.78 is 4.84. The lowest BCUT2D eigenvalue weighted by atomic mass is 9.86. The number of carbonyl (C=O) groups is 3. The van der Waals surface area contributed by atoms with E-state index in [1.165, 1.54) is 11.8 Å². The van der Waals surface area contributed by atoms with Gasteiger partial charge < -0.3 is 20.3 Å². The van der Waals surface area contributed by atoms with Crippen molar-refractivity contribution in [3.05, 3.63) is 11.8 Å². The summed E-state index contributed by atoms with van der Waals surface area (Å²) in [6.07, 6.45) is 2.54. The van der Waals surface area contributed by atoms with Gasteiger partial charge in [0.05, 0.1) is 17.4 Å². The summed E-state index contributed by atoms with van der Waals surface area (Å²) in [5.74, 6) is -0.144. The Labute approximate surface area is 143 Å². The number of rotatable bonds is 7. The number of hydrogen-bond donors (Lipinski definition) is 3. The zero-order valence-electron chi connectivity index (χ0n) is 13.4. The molecule has 0 unspecified atom stereocenters. The van der Waals surface area contributed by atoms with Crippen LogP contribution < -0.4 is 10.6 Å². The monoisotopic (exact) mass is 355 g/mol. The molecule has 2 amide bonds. The molecule has 3 N–H and O–H groups in total. The number of amides is 2. The summed E-state index contributed by atoms with van der Waals surface area (Å²) in [7, 11) is 0. The van der Waals surface area contributed by atoms with Gasteiger partial charge >= 0.3 is 5.97 Å². The zero-order valence-corrected chi connectivity index (χ0v) is 14.2. The largest absolute Gasteiger partial charge is 0.481 e. The first kappa shape index (κ1) is 18.3. The molecule has 24 heavy (non-hydrogen) atoms. The SMILES string of the molecule is Cc1cc(NC(=O)CSCC(=O)NC2CCC(C(=O)O)CC2)no1. The maximum Gasteiger partial charge on any atom is 0.306 e. The Balaban J connectivity index is 1.60. The van der Waals surface area contributed by atoms with Crippen LogP contribution in [0.2, 0.25) is 0 Å². The van der Waals surface area contributed by atoms with Crippen LogP contribution in [0.4, 0.5) is 5.82 Å². The summed E-state index contributed by atoms with van der Waals surface area (Å²) in [5, 5.41) is 18.1. The zero-order chi connectivity index (χ0) is 17.5. The molecule has 1 aliphatic rings. The molecule has 0 spiro atoms. The third-order valence-electron chi connectivity index (χ3n) is 3.80. The van der Waals surface area contributed by atoms with Crippen LogP contribution in [0.15, 0.2) is 10.6 Å². The highest BCUT2D eigenvalue weighted by molar-refractivity contribution is 8.00. The summed E-state index contributed by atoms with van der Waals surface area (Å²) in [5.41, 5.74) is 0. The van der Waals surface area contributed by atoms with Crippen LogP contribution in [0.3, 0.4) is 0 Å². The van der Waals surface area contributed by atoms with Gasteiger partial charge in [0.25, 0.3) is 0 Å². The third kappa shape index (κ3) is 5.88. The molecule has 1 aromatic heterocycles. The van der Waals surface area contributed by atoms with Crippen LogP contribution in [-0.2, 0) is 14.4 Å². The number of thioether (sulfide) groups is 1. The Bertz CT molecular complexity index is 596. The van der Waals surface area contributed by atoms with E-state index in [0.717, 1.165) is 0 Å². The number of anilines is 1. The van der Waals surface area contributed by atoms with Crippen molar-refractivity contribution in [2.45, 2.75) is 38.6 Å². The predicted octanol–water partition coefficient (Wildman–Crippen LogP) is 1.41. The summed E-state index contributed by atoms with van der Waals surface area (Å²) in [6, 6.07) is 1.64. The Morgan fingerprint density at radius 1 is 1.25 bits per heavy atom. The van der Waals surface area contributed by atoms with Gasteiger partial charge in [-0.3, -0.25) is 14.4 Å². The van der Waals surface area contributed by atoms with Gasteiger partial charge in [-0.2, -0.15) is 0 Å². The second-order valence-corrected chi connectivity index (χ2v) is 6.80. The molecule has 2 rings (SSSR count). The van der Waals surface area contributed by atoms with Gasteiger partial charge in [0.1, 0.15) is 5.76 Å². The fraction of sp³-hybridized carbons (Fsp3) is 0.600. The molecular formula is C15H21N3O5S. The molecule has 0 saturated heterocycles. The minimum absolute atomic E-state index is 0.0284. The lowest BCUT2D eigenvalue weighted by Gasteiger charge is -2.26. The van der Waals surface area contributed by atoms with Crippen LogP contribution in [0.5, 0.6) is 0 Å². The molecule has 1 heterocycles. The average molecular weight is 355 g/mol. The van der Waals surface area contributed by atoms with E-state index in [0.29, 0.717) is 37.3 Å². The van der Waals surface area contributed by atoms with Gasteiger partial charge in [0.15, 0.2) is 5.82 Å². The molecule has 0 bridgehead atoms. The van der Waals surface area contributed by atoms with Gasteiger partial charge in [0, 0.05) is 12.1 Å². The van der Waals surface area contributed by atoms with E-state index in [2.05, 4.69) is 15.8 Å².